The van der Waals surface area contributed by atoms with E-state index in [9.17, 15) is 4.79 Å². The number of esters is 1. The first-order valence-electron chi connectivity index (χ1n) is 3.23. The van der Waals surface area contributed by atoms with Gasteiger partial charge in [0.15, 0.2) is 6.10 Å². The molecule has 0 radical (unpaired) electrons. The molecule has 2 nitrogen and oxygen atoms in total. The molecular formula is C8H10O2. The van der Waals surface area contributed by atoms with Crippen LogP contribution in [0.3, 0.4) is 0 Å². The van der Waals surface area contributed by atoms with Crippen LogP contribution in [0.15, 0.2) is 0 Å². The third-order valence-electron chi connectivity index (χ3n) is 1.68. The number of cyclic esters (lactones) is 1. The Hall–Kier alpha value is -0.970. The highest BCUT2D eigenvalue weighted by Crippen LogP contribution is 2.32. The van der Waals surface area contributed by atoms with Crippen molar-refractivity contribution in [1.82, 2.24) is 0 Å². The molecule has 1 fully saturated rings. The van der Waals surface area contributed by atoms with Crippen LogP contribution in [0.4, 0.5) is 0 Å². The summed E-state index contributed by atoms with van der Waals surface area (Å²) in [7, 11) is 0. The van der Waals surface area contributed by atoms with Crippen molar-refractivity contribution < 1.29 is 9.53 Å². The van der Waals surface area contributed by atoms with Crippen molar-refractivity contribution in [3.8, 4) is 12.3 Å². The maximum Gasteiger partial charge on any atom is 0.312 e. The van der Waals surface area contributed by atoms with Crippen LogP contribution in [0.1, 0.15) is 20.3 Å². The lowest BCUT2D eigenvalue weighted by Gasteiger charge is -2.08. The van der Waals surface area contributed by atoms with Gasteiger partial charge in [-0.1, -0.05) is 5.92 Å². The van der Waals surface area contributed by atoms with Gasteiger partial charge >= 0.3 is 5.97 Å². The van der Waals surface area contributed by atoms with Gasteiger partial charge in [0, 0.05) is 6.42 Å². The zero-order valence-electron chi connectivity index (χ0n) is 6.18. The molecule has 1 atom stereocenters. The molecule has 0 amide bonds. The molecule has 0 aromatic heterocycles. The van der Waals surface area contributed by atoms with Crippen LogP contribution < -0.4 is 0 Å². The Bertz CT molecular complexity index is 198. The molecule has 0 bridgehead atoms. The maximum atomic E-state index is 10.9. The Morgan fingerprint density at radius 3 is 2.60 bits per heavy atom. The molecule has 10 heavy (non-hydrogen) atoms. The predicted molar refractivity (Wildman–Crippen MR) is 37.1 cm³/mol. The van der Waals surface area contributed by atoms with Crippen LogP contribution in [0, 0.1) is 17.8 Å². The van der Waals surface area contributed by atoms with Gasteiger partial charge in [0.05, 0.1) is 5.41 Å². The van der Waals surface area contributed by atoms with Crippen LogP contribution in [0.25, 0.3) is 0 Å². The van der Waals surface area contributed by atoms with E-state index in [2.05, 4.69) is 5.92 Å². The summed E-state index contributed by atoms with van der Waals surface area (Å²) in [4.78, 5) is 10.9. The summed E-state index contributed by atoms with van der Waals surface area (Å²) in [6.45, 7) is 3.68. The summed E-state index contributed by atoms with van der Waals surface area (Å²) in [5, 5.41) is 0. The number of rotatable bonds is 0. The van der Waals surface area contributed by atoms with Crippen molar-refractivity contribution in [3.63, 3.8) is 0 Å². The minimum atomic E-state index is -0.378. The second kappa shape index (κ2) is 2.02. The predicted octanol–water partition coefficient (Wildman–Crippen LogP) is 0.961. The van der Waals surface area contributed by atoms with E-state index in [0.29, 0.717) is 6.42 Å². The van der Waals surface area contributed by atoms with E-state index >= 15 is 0 Å². The summed E-state index contributed by atoms with van der Waals surface area (Å²) in [5.74, 6) is 2.22. The van der Waals surface area contributed by atoms with E-state index in [1.807, 2.05) is 13.8 Å². The van der Waals surface area contributed by atoms with E-state index in [4.69, 9.17) is 11.2 Å². The fourth-order valence-corrected chi connectivity index (χ4v) is 0.970. The van der Waals surface area contributed by atoms with E-state index in [1.165, 1.54) is 0 Å². The monoisotopic (exact) mass is 138 g/mol. The lowest BCUT2D eigenvalue weighted by Crippen LogP contribution is -2.16. The molecule has 1 aliphatic rings. The second-order valence-electron chi connectivity index (χ2n) is 3.15. The van der Waals surface area contributed by atoms with Gasteiger partial charge in [-0.25, -0.2) is 0 Å². The molecule has 0 N–H and O–H groups in total. The number of carbonyl (C=O) groups excluding carboxylic acids is 1. The zero-order valence-corrected chi connectivity index (χ0v) is 6.18. The Labute approximate surface area is 60.6 Å². The Morgan fingerprint density at radius 2 is 2.40 bits per heavy atom. The van der Waals surface area contributed by atoms with Gasteiger partial charge in [0.25, 0.3) is 0 Å². The Morgan fingerprint density at radius 1 is 1.80 bits per heavy atom. The van der Waals surface area contributed by atoms with E-state index in [0.717, 1.165) is 0 Å². The smallest absolute Gasteiger partial charge is 0.312 e. The number of carbonyl (C=O) groups is 1. The minimum absolute atomic E-state index is 0.185. The van der Waals surface area contributed by atoms with Gasteiger partial charge in [-0.15, -0.1) is 6.42 Å². The number of hydrogen-bond donors (Lipinski definition) is 0. The highest BCUT2D eigenvalue weighted by Gasteiger charge is 2.40. The normalized spacial score (nSPS) is 29.3. The Balaban J connectivity index is 2.73. The Kier molecular flexibility index (Phi) is 1.44. The molecule has 1 unspecified atom stereocenters. The van der Waals surface area contributed by atoms with Crippen LogP contribution in [0.5, 0.6) is 0 Å². The third kappa shape index (κ3) is 0.995. The van der Waals surface area contributed by atoms with Crippen LogP contribution in [-0.2, 0) is 9.53 Å². The summed E-state index contributed by atoms with van der Waals surface area (Å²) < 4.78 is 4.85. The molecule has 2 heteroatoms. The van der Waals surface area contributed by atoms with Gasteiger partial charge in [-0.3, -0.25) is 4.79 Å². The zero-order chi connectivity index (χ0) is 7.78. The average molecular weight is 138 g/mol. The van der Waals surface area contributed by atoms with E-state index in [1.54, 1.807) is 0 Å². The lowest BCUT2D eigenvalue weighted by atomic mass is 9.90. The average Bonchev–Trinajstić information content (AvgIpc) is 2.08. The molecule has 54 valence electrons. The van der Waals surface area contributed by atoms with E-state index in [-0.39, 0.29) is 17.5 Å². The quantitative estimate of drug-likeness (QED) is 0.368. The van der Waals surface area contributed by atoms with Gasteiger partial charge in [0.2, 0.25) is 0 Å². The first kappa shape index (κ1) is 7.14. The van der Waals surface area contributed by atoms with Crippen molar-refractivity contribution in [2.75, 3.05) is 0 Å². The first-order chi connectivity index (χ1) is 4.56. The van der Waals surface area contributed by atoms with Crippen LogP contribution in [-0.4, -0.2) is 12.1 Å². The maximum absolute atomic E-state index is 10.9. The van der Waals surface area contributed by atoms with Gasteiger partial charge in [-0.05, 0) is 13.8 Å². The van der Waals surface area contributed by atoms with Crippen molar-refractivity contribution in [2.24, 2.45) is 5.41 Å². The summed E-state index contributed by atoms with van der Waals surface area (Å²) in [5.41, 5.74) is -0.378. The fourth-order valence-electron chi connectivity index (χ4n) is 0.970. The molecule has 1 aliphatic heterocycles. The summed E-state index contributed by atoms with van der Waals surface area (Å²) in [6, 6.07) is 0. The molecule has 1 heterocycles. The number of ether oxygens (including phenoxy) is 1. The first-order valence-corrected chi connectivity index (χ1v) is 3.23. The molecule has 1 rings (SSSR count). The highest BCUT2D eigenvalue weighted by atomic mass is 16.6. The van der Waals surface area contributed by atoms with Crippen LogP contribution >= 0.6 is 0 Å². The molecular weight excluding hydrogens is 128 g/mol. The standard InChI is InChI=1S/C8H10O2/c1-4-6-5-8(2,3)7(9)10-6/h1,6H,5H2,2-3H3. The van der Waals surface area contributed by atoms with Crippen LogP contribution in [0.2, 0.25) is 0 Å². The van der Waals surface area contributed by atoms with Gasteiger partial charge < -0.3 is 4.74 Å². The van der Waals surface area contributed by atoms with Gasteiger partial charge in [0.1, 0.15) is 0 Å². The molecule has 0 aromatic rings. The largest absolute Gasteiger partial charge is 0.449 e. The van der Waals surface area contributed by atoms with Crippen molar-refractivity contribution in [2.45, 2.75) is 26.4 Å². The fraction of sp³-hybridized carbons (Fsp3) is 0.625. The molecule has 0 spiro atoms. The van der Waals surface area contributed by atoms with Crippen molar-refractivity contribution in [3.05, 3.63) is 0 Å². The topological polar surface area (TPSA) is 26.3 Å². The lowest BCUT2D eigenvalue weighted by molar-refractivity contribution is -0.146. The van der Waals surface area contributed by atoms with Crippen molar-refractivity contribution in [1.29, 1.82) is 0 Å². The summed E-state index contributed by atoms with van der Waals surface area (Å²) in [6.07, 6.45) is 5.43. The summed E-state index contributed by atoms with van der Waals surface area (Å²) >= 11 is 0. The minimum Gasteiger partial charge on any atom is -0.449 e. The van der Waals surface area contributed by atoms with E-state index < -0.39 is 0 Å². The number of hydrogen-bond acceptors (Lipinski definition) is 2. The second-order valence-corrected chi connectivity index (χ2v) is 3.15. The highest BCUT2D eigenvalue weighted by molar-refractivity contribution is 5.78. The molecule has 1 saturated heterocycles. The SMILES string of the molecule is C#CC1CC(C)(C)C(=O)O1. The molecule has 0 saturated carbocycles. The number of terminal acetylenes is 1. The molecule has 0 aliphatic carbocycles. The molecule has 0 aromatic carbocycles. The van der Waals surface area contributed by atoms with Crippen molar-refractivity contribution >= 4 is 5.97 Å². The third-order valence-corrected chi connectivity index (χ3v) is 1.68. The van der Waals surface area contributed by atoms with Gasteiger partial charge in [-0.2, -0.15) is 0 Å².